The minimum absolute atomic E-state index is 0.00193. The molecular formula is C36H41N3O6S. The van der Waals surface area contributed by atoms with Crippen molar-refractivity contribution in [2.24, 2.45) is 7.05 Å². The molecule has 2 heterocycles. The number of aliphatic carboxylic acids is 1. The number of hydrogen-bond acceptors (Lipinski definition) is 7. The Morgan fingerprint density at radius 2 is 1.70 bits per heavy atom. The van der Waals surface area contributed by atoms with Gasteiger partial charge in [-0.1, -0.05) is 84.9 Å². The monoisotopic (exact) mass is 643 g/mol. The maximum atomic E-state index is 12.3. The van der Waals surface area contributed by atoms with Crippen LogP contribution < -0.4 is 5.32 Å². The van der Waals surface area contributed by atoms with E-state index in [0.717, 1.165) is 50.7 Å². The number of thioether (sulfide) groups is 1. The number of rotatable bonds is 15. The Morgan fingerprint density at radius 3 is 2.41 bits per heavy atom. The van der Waals surface area contributed by atoms with Crippen LogP contribution >= 0.6 is 11.8 Å². The molecule has 0 aliphatic carbocycles. The number of aliphatic hydroxyl groups excluding tert-OH is 1. The quantitative estimate of drug-likeness (QED) is 0.0983. The van der Waals surface area contributed by atoms with Crippen LogP contribution in [0, 0.1) is 0 Å². The predicted octanol–water partition coefficient (Wildman–Crippen LogP) is 6.57. The lowest BCUT2D eigenvalue weighted by Crippen LogP contribution is -2.31. The fourth-order valence-corrected chi connectivity index (χ4v) is 6.35. The van der Waals surface area contributed by atoms with Crippen LogP contribution in [-0.4, -0.2) is 43.5 Å². The van der Waals surface area contributed by atoms with Gasteiger partial charge in [0.15, 0.2) is 11.4 Å². The van der Waals surface area contributed by atoms with E-state index in [-0.39, 0.29) is 31.1 Å². The first-order chi connectivity index (χ1) is 22.4. The average molecular weight is 644 g/mol. The molecule has 242 valence electrons. The highest BCUT2D eigenvalue weighted by molar-refractivity contribution is 7.99. The number of carbonyl (C=O) groups is 2. The van der Waals surface area contributed by atoms with Crippen molar-refractivity contribution in [1.82, 2.24) is 14.9 Å². The molecule has 0 spiro atoms. The van der Waals surface area contributed by atoms with Crippen LogP contribution in [0.5, 0.6) is 0 Å². The van der Waals surface area contributed by atoms with Gasteiger partial charge in [-0.25, -0.2) is 4.98 Å². The molecule has 1 fully saturated rings. The summed E-state index contributed by atoms with van der Waals surface area (Å²) in [5, 5.41) is 22.1. The maximum absolute atomic E-state index is 12.3. The first-order valence-electron chi connectivity index (χ1n) is 15.7. The zero-order valence-corrected chi connectivity index (χ0v) is 26.8. The Labute approximate surface area is 274 Å². The van der Waals surface area contributed by atoms with E-state index in [1.165, 1.54) is 0 Å². The second kappa shape index (κ2) is 16.6. The van der Waals surface area contributed by atoms with Crippen LogP contribution in [0.4, 0.5) is 0 Å². The van der Waals surface area contributed by atoms with Gasteiger partial charge in [0.25, 0.3) is 0 Å². The topological polar surface area (TPSA) is 123 Å². The molecule has 3 aromatic carbocycles. The molecule has 0 radical (unpaired) electrons. The molecule has 1 aliphatic heterocycles. The van der Waals surface area contributed by atoms with Crippen molar-refractivity contribution in [2.45, 2.75) is 75.3 Å². The molecule has 1 aliphatic rings. The Bertz CT molecular complexity index is 1570. The minimum atomic E-state index is -0.801. The van der Waals surface area contributed by atoms with Crippen LogP contribution in [0.15, 0.2) is 90.3 Å². The number of carbonyl (C=O) groups excluding carboxylic acids is 1. The molecule has 0 unspecified atom stereocenters. The number of amides is 1. The van der Waals surface area contributed by atoms with E-state index in [9.17, 15) is 14.7 Å². The van der Waals surface area contributed by atoms with Crippen molar-refractivity contribution >= 4 is 23.6 Å². The minimum Gasteiger partial charge on any atom is -0.481 e. The van der Waals surface area contributed by atoms with Gasteiger partial charge in [0.2, 0.25) is 5.91 Å². The highest BCUT2D eigenvalue weighted by atomic mass is 32.2. The molecule has 9 nitrogen and oxygen atoms in total. The van der Waals surface area contributed by atoms with Gasteiger partial charge in [0.05, 0.1) is 18.8 Å². The number of carboxylic acid groups (broad SMARTS) is 1. The lowest BCUT2D eigenvalue weighted by atomic mass is 9.99. The van der Waals surface area contributed by atoms with Gasteiger partial charge < -0.3 is 29.6 Å². The summed E-state index contributed by atoms with van der Waals surface area (Å²) in [6, 6.07) is 24.2. The smallest absolute Gasteiger partial charge is 0.303 e. The standard InChI is InChI=1S/C36H41N3O6S/c1-39-19-18-37-36(39)46-24-31-21-32(28-12-10-25(23-40)11-13-28)45-35(44-31)29-16-14-27(15-17-29)30-7-5-6-26(20-30)22-38-33(41)8-3-2-4-9-34(42)43/h5-7,10-20,31-32,35,40H,2-4,8-9,21-24H2,1H3,(H,38,41)(H,42,43)/t31-,32+,35+/m0/s1. The van der Waals surface area contributed by atoms with E-state index < -0.39 is 12.3 Å². The summed E-state index contributed by atoms with van der Waals surface area (Å²) in [7, 11) is 1.98. The van der Waals surface area contributed by atoms with Crippen LogP contribution in [0.3, 0.4) is 0 Å². The number of aromatic nitrogens is 2. The molecule has 3 N–H and O–H groups in total. The SMILES string of the molecule is Cn1ccnc1SC[C@@H]1C[C@H](c2ccc(CO)cc2)O[C@H](c2ccc(-c3cccc(CNC(=O)CCCCCC(=O)O)c3)cc2)O1. The Balaban J connectivity index is 1.22. The number of ether oxygens (including phenoxy) is 2. The van der Waals surface area contributed by atoms with Crippen molar-refractivity contribution in [3.05, 3.63) is 107 Å². The van der Waals surface area contributed by atoms with Gasteiger partial charge in [-0.2, -0.15) is 0 Å². The van der Waals surface area contributed by atoms with Crippen molar-refractivity contribution in [3.8, 4) is 11.1 Å². The Kier molecular flexibility index (Phi) is 12.0. The zero-order valence-electron chi connectivity index (χ0n) is 26.0. The van der Waals surface area contributed by atoms with Gasteiger partial charge >= 0.3 is 5.97 Å². The summed E-state index contributed by atoms with van der Waals surface area (Å²) < 4.78 is 15.0. The molecular weight excluding hydrogens is 602 g/mol. The maximum Gasteiger partial charge on any atom is 0.303 e. The number of hydrogen-bond donors (Lipinski definition) is 3. The largest absolute Gasteiger partial charge is 0.481 e. The lowest BCUT2D eigenvalue weighted by molar-refractivity contribution is -0.245. The van der Waals surface area contributed by atoms with E-state index >= 15 is 0 Å². The predicted molar refractivity (Wildman–Crippen MR) is 177 cm³/mol. The van der Waals surface area contributed by atoms with Gasteiger partial charge in [-0.05, 0) is 46.7 Å². The van der Waals surface area contributed by atoms with Gasteiger partial charge in [0, 0.05) is 56.6 Å². The van der Waals surface area contributed by atoms with E-state index in [2.05, 4.69) is 28.5 Å². The highest BCUT2D eigenvalue weighted by Gasteiger charge is 2.32. The first-order valence-corrected chi connectivity index (χ1v) is 16.6. The van der Waals surface area contributed by atoms with Crippen LogP contribution in [-0.2, 0) is 39.3 Å². The fraction of sp³-hybridized carbons (Fsp3) is 0.361. The third-order valence-corrected chi connectivity index (χ3v) is 9.21. The Hall–Kier alpha value is -3.96. The van der Waals surface area contributed by atoms with Crippen LogP contribution in [0.1, 0.15) is 73.2 Å². The summed E-state index contributed by atoms with van der Waals surface area (Å²) in [4.78, 5) is 27.3. The molecule has 1 aromatic heterocycles. The van der Waals surface area contributed by atoms with Crippen molar-refractivity contribution in [2.75, 3.05) is 5.75 Å². The summed E-state index contributed by atoms with van der Waals surface area (Å²) in [5.41, 5.74) is 5.94. The third kappa shape index (κ3) is 9.53. The van der Waals surface area contributed by atoms with Gasteiger partial charge in [0.1, 0.15) is 0 Å². The molecule has 5 rings (SSSR count). The van der Waals surface area contributed by atoms with Crippen LogP contribution in [0.25, 0.3) is 11.1 Å². The van der Waals surface area contributed by atoms with E-state index in [0.29, 0.717) is 32.2 Å². The van der Waals surface area contributed by atoms with E-state index in [1.807, 2.05) is 72.4 Å². The average Bonchev–Trinajstić information content (AvgIpc) is 3.50. The number of benzene rings is 3. The second-order valence-electron chi connectivity index (χ2n) is 11.5. The summed E-state index contributed by atoms with van der Waals surface area (Å²) in [6.07, 6.45) is 6.22. The van der Waals surface area contributed by atoms with Crippen molar-refractivity contribution < 1.29 is 29.3 Å². The van der Waals surface area contributed by atoms with E-state index in [1.54, 1.807) is 18.0 Å². The van der Waals surface area contributed by atoms with Crippen molar-refractivity contribution in [3.63, 3.8) is 0 Å². The third-order valence-electron chi connectivity index (χ3n) is 8.02. The summed E-state index contributed by atoms with van der Waals surface area (Å²) in [6.45, 7) is 0.434. The number of unbranched alkanes of at least 4 members (excludes halogenated alkanes) is 2. The molecule has 1 saturated heterocycles. The molecule has 46 heavy (non-hydrogen) atoms. The fourth-order valence-electron chi connectivity index (χ4n) is 5.40. The van der Waals surface area contributed by atoms with Gasteiger partial charge in [-0.15, -0.1) is 0 Å². The molecule has 3 atom stereocenters. The first kappa shape index (κ1) is 33.4. The van der Waals surface area contributed by atoms with Crippen LogP contribution in [0.2, 0.25) is 0 Å². The molecule has 0 saturated carbocycles. The second-order valence-corrected chi connectivity index (χ2v) is 12.5. The molecule has 1 amide bonds. The number of nitrogens with zero attached hydrogens (tertiary/aromatic N) is 2. The lowest BCUT2D eigenvalue weighted by Gasteiger charge is -2.36. The summed E-state index contributed by atoms with van der Waals surface area (Å²) >= 11 is 1.67. The van der Waals surface area contributed by atoms with E-state index in [4.69, 9.17) is 14.6 Å². The molecule has 10 heteroatoms. The number of nitrogens with one attached hydrogen (secondary N) is 1. The highest BCUT2D eigenvalue weighted by Crippen LogP contribution is 2.39. The number of aliphatic hydroxyl groups is 1. The number of carboxylic acids is 1. The summed E-state index contributed by atoms with van der Waals surface area (Å²) in [5.74, 6) is -0.0934. The zero-order chi connectivity index (χ0) is 32.3. The number of imidazole rings is 1. The normalized spacial score (nSPS) is 17.9. The van der Waals surface area contributed by atoms with Crippen molar-refractivity contribution in [1.29, 1.82) is 0 Å². The Morgan fingerprint density at radius 1 is 0.935 bits per heavy atom. The van der Waals surface area contributed by atoms with Gasteiger partial charge in [-0.3, -0.25) is 9.59 Å². The number of aryl methyl sites for hydroxylation is 1. The molecule has 4 aromatic rings. The molecule has 0 bridgehead atoms.